The van der Waals surface area contributed by atoms with Crippen LogP contribution in [-0.2, 0) is 11.3 Å². The van der Waals surface area contributed by atoms with Crippen LogP contribution in [0.1, 0.15) is 44.7 Å². The minimum atomic E-state index is -0.530. The van der Waals surface area contributed by atoms with Gasteiger partial charge in [-0.25, -0.2) is 4.79 Å². The second-order valence-corrected chi connectivity index (χ2v) is 7.36. The molecule has 0 saturated carbocycles. The summed E-state index contributed by atoms with van der Waals surface area (Å²) in [7, 11) is 0. The van der Waals surface area contributed by atoms with Crippen molar-refractivity contribution >= 4 is 11.9 Å². The zero-order chi connectivity index (χ0) is 17.7. The SMILES string of the molecule is Cc1ccc(CNC(=O)C2(C)CCCN(C(=O)NC(C)C)C2)cc1. The smallest absolute Gasteiger partial charge is 0.317 e. The molecule has 24 heavy (non-hydrogen) atoms. The van der Waals surface area contributed by atoms with Crippen molar-refractivity contribution in [2.24, 2.45) is 5.41 Å². The van der Waals surface area contributed by atoms with Crippen LogP contribution in [0, 0.1) is 12.3 Å². The fourth-order valence-corrected chi connectivity index (χ4v) is 3.04. The van der Waals surface area contributed by atoms with E-state index in [2.05, 4.69) is 10.6 Å². The molecule has 1 saturated heterocycles. The van der Waals surface area contributed by atoms with E-state index in [4.69, 9.17) is 0 Å². The minimum absolute atomic E-state index is 0.0186. The van der Waals surface area contributed by atoms with E-state index in [1.807, 2.05) is 52.0 Å². The number of nitrogens with zero attached hydrogens (tertiary/aromatic N) is 1. The molecule has 1 aliphatic rings. The van der Waals surface area contributed by atoms with E-state index in [9.17, 15) is 9.59 Å². The number of urea groups is 1. The van der Waals surface area contributed by atoms with Gasteiger partial charge in [-0.3, -0.25) is 4.79 Å². The summed E-state index contributed by atoms with van der Waals surface area (Å²) in [6, 6.07) is 8.16. The van der Waals surface area contributed by atoms with Gasteiger partial charge in [0.05, 0.1) is 5.41 Å². The highest BCUT2D eigenvalue weighted by atomic mass is 16.2. The van der Waals surface area contributed by atoms with Crippen LogP contribution in [0.15, 0.2) is 24.3 Å². The van der Waals surface area contributed by atoms with Crippen molar-refractivity contribution < 1.29 is 9.59 Å². The first-order valence-corrected chi connectivity index (χ1v) is 8.69. The maximum Gasteiger partial charge on any atom is 0.317 e. The number of piperidine rings is 1. The van der Waals surface area contributed by atoms with Crippen molar-refractivity contribution in [3.8, 4) is 0 Å². The largest absolute Gasteiger partial charge is 0.351 e. The molecule has 2 rings (SSSR count). The van der Waals surface area contributed by atoms with Crippen LogP contribution < -0.4 is 10.6 Å². The number of carbonyl (C=O) groups excluding carboxylic acids is 2. The Hall–Kier alpha value is -2.04. The molecule has 1 fully saturated rings. The zero-order valence-electron chi connectivity index (χ0n) is 15.2. The molecule has 0 bridgehead atoms. The Bertz CT molecular complexity index is 583. The Morgan fingerprint density at radius 3 is 2.54 bits per heavy atom. The normalized spacial score (nSPS) is 20.8. The molecule has 0 radical (unpaired) electrons. The molecular formula is C19H29N3O2. The number of aryl methyl sites for hydroxylation is 1. The van der Waals surface area contributed by atoms with Gasteiger partial charge in [-0.2, -0.15) is 0 Å². The Labute approximate surface area is 144 Å². The summed E-state index contributed by atoms with van der Waals surface area (Å²) in [6.45, 7) is 9.57. The van der Waals surface area contributed by atoms with Gasteiger partial charge in [0, 0.05) is 25.7 Å². The van der Waals surface area contributed by atoms with Gasteiger partial charge in [-0.05, 0) is 46.1 Å². The molecule has 1 heterocycles. The maximum atomic E-state index is 12.7. The monoisotopic (exact) mass is 331 g/mol. The van der Waals surface area contributed by atoms with E-state index in [0.717, 1.165) is 18.4 Å². The Morgan fingerprint density at radius 2 is 1.92 bits per heavy atom. The van der Waals surface area contributed by atoms with E-state index in [-0.39, 0.29) is 18.0 Å². The number of benzene rings is 1. The summed E-state index contributed by atoms with van der Waals surface area (Å²) in [5, 5.41) is 5.94. The fraction of sp³-hybridized carbons (Fsp3) is 0.579. The molecule has 0 spiro atoms. The summed E-state index contributed by atoms with van der Waals surface area (Å²) in [6.07, 6.45) is 1.65. The number of nitrogens with one attached hydrogen (secondary N) is 2. The van der Waals surface area contributed by atoms with Crippen molar-refractivity contribution in [2.75, 3.05) is 13.1 Å². The third kappa shape index (κ3) is 4.73. The lowest BCUT2D eigenvalue weighted by Gasteiger charge is -2.39. The number of hydrogen-bond acceptors (Lipinski definition) is 2. The fourth-order valence-electron chi connectivity index (χ4n) is 3.04. The van der Waals surface area contributed by atoms with Crippen LogP contribution in [0.2, 0.25) is 0 Å². The van der Waals surface area contributed by atoms with Crippen LogP contribution in [0.5, 0.6) is 0 Å². The lowest BCUT2D eigenvalue weighted by Crippen LogP contribution is -2.54. The number of hydrogen-bond donors (Lipinski definition) is 2. The van der Waals surface area contributed by atoms with Gasteiger partial charge in [0.2, 0.25) is 5.91 Å². The molecule has 1 aliphatic heterocycles. The summed E-state index contributed by atoms with van der Waals surface area (Å²) in [4.78, 5) is 26.7. The molecule has 2 N–H and O–H groups in total. The number of rotatable bonds is 4. The maximum absolute atomic E-state index is 12.7. The van der Waals surface area contributed by atoms with Crippen molar-refractivity contribution in [2.45, 2.75) is 53.1 Å². The van der Waals surface area contributed by atoms with Crippen molar-refractivity contribution in [3.63, 3.8) is 0 Å². The molecule has 1 aromatic carbocycles. The van der Waals surface area contributed by atoms with E-state index in [1.165, 1.54) is 5.56 Å². The number of carbonyl (C=O) groups is 2. The first-order valence-electron chi connectivity index (χ1n) is 8.69. The molecule has 3 amide bonds. The molecule has 132 valence electrons. The van der Waals surface area contributed by atoms with E-state index >= 15 is 0 Å². The van der Waals surface area contributed by atoms with Gasteiger partial charge in [-0.1, -0.05) is 29.8 Å². The molecule has 5 nitrogen and oxygen atoms in total. The van der Waals surface area contributed by atoms with Gasteiger partial charge in [0.1, 0.15) is 0 Å². The summed E-state index contributed by atoms with van der Waals surface area (Å²) >= 11 is 0. The highest BCUT2D eigenvalue weighted by Crippen LogP contribution is 2.30. The second-order valence-electron chi connectivity index (χ2n) is 7.36. The van der Waals surface area contributed by atoms with Crippen LogP contribution in [0.3, 0.4) is 0 Å². The molecule has 1 atom stereocenters. The first kappa shape index (κ1) is 18.3. The Kier molecular flexibility index (Phi) is 5.86. The van der Waals surface area contributed by atoms with E-state index < -0.39 is 5.41 Å². The molecular weight excluding hydrogens is 302 g/mol. The predicted octanol–water partition coefficient (Wildman–Crippen LogP) is 2.83. The van der Waals surface area contributed by atoms with Crippen LogP contribution in [0.25, 0.3) is 0 Å². The van der Waals surface area contributed by atoms with Crippen molar-refractivity contribution in [3.05, 3.63) is 35.4 Å². The van der Waals surface area contributed by atoms with Crippen LogP contribution in [0.4, 0.5) is 4.79 Å². The first-order chi connectivity index (χ1) is 11.3. The Balaban J connectivity index is 1.94. The summed E-state index contributed by atoms with van der Waals surface area (Å²) < 4.78 is 0. The molecule has 0 aliphatic carbocycles. The van der Waals surface area contributed by atoms with Gasteiger partial charge < -0.3 is 15.5 Å². The second kappa shape index (κ2) is 7.69. The minimum Gasteiger partial charge on any atom is -0.351 e. The molecule has 0 aromatic heterocycles. The summed E-state index contributed by atoms with van der Waals surface area (Å²) in [5.41, 5.74) is 1.76. The highest BCUT2D eigenvalue weighted by molar-refractivity contribution is 5.84. The summed E-state index contributed by atoms with van der Waals surface area (Å²) in [5.74, 6) is 0.0186. The van der Waals surface area contributed by atoms with Gasteiger partial charge in [0.25, 0.3) is 0 Å². The average Bonchev–Trinajstić information content (AvgIpc) is 2.53. The van der Waals surface area contributed by atoms with Gasteiger partial charge in [0.15, 0.2) is 0 Å². The predicted molar refractivity (Wildman–Crippen MR) is 95.6 cm³/mol. The van der Waals surface area contributed by atoms with Crippen LogP contribution >= 0.6 is 0 Å². The average molecular weight is 331 g/mol. The lowest BCUT2D eigenvalue weighted by atomic mass is 9.81. The lowest BCUT2D eigenvalue weighted by molar-refractivity contribution is -0.132. The molecule has 1 aromatic rings. The van der Waals surface area contributed by atoms with E-state index in [1.54, 1.807) is 4.90 Å². The highest BCUT2D eigenvalue weighted by Gasteiger charge is 2.39. The third-order valence-corrected chi connectivity index (χ3v) is 4.52. The van der Waals surface area contributed by atoms with Gasteiger partial charge in [-0.15, -0.1) is 0 Å². The number of likely N-dealkylation sites (tertiary alicyclic amines) is 1. The Morgan fingerprint density at radius 1 is 1.25 bits per heavy atom. The zero-order valence-corrected chi connectivity index (χ0v) is 15.2. The molecule has 5 heteroatoms. The topological polar surface area (TPSA) is 61.4 Å². The molecule has 1 unspecified atom stereocenters. The van der Waals surface area contributed by atoms with Crippen LogP contribution in [-0.4, -0.2) is 36.0 Å². The van der Waals surface area contributed by atoms with Crippen molar-refractivity contribution in [1.82, 2.24) is 15.5 Å². The third-order valence-electron chi connectivity index (χ3n) is 4.52. The quantitative estimate of drug-likeness (QED) is 0.891. The van der Waals surface area contributed by atoms with Crippen molar-refractivity contribution in [1.29, 1.82) is 0 Å². The number of amides is 3. The van der Waals surface area contributed by atoms with Gasteiger partial charge >= 0.3 is 6.03 Å². The standard InChI is InChI=1S/C19H29N3O2/c1-14(2)21-18(24)22-11-5-10-19(4,13-22)17(23)20-12-16-8-6-15(3)7-9-16/h6-9,14H,5,10-13H2,1-4H3,(H,20,23)(H,21,24). The van der Waals surface area contributed by atoms with E-state index in [0.29, 0.717) is 19.6 Å².